The summed E-state index contributed by atoms with van der Waals surface area (Å²) in [7, 11) is 1.52. The van der Waals surface area contributed by atoms with Crippen LogP contribution >= 0.6 is 0 Å². The van der Waals surface area contributed by atoms with Crippen molar-refractivity contribution in [3.63, 3.8) is 0 Å². The Kier molecular flexibility index (Phi) is 6.84. The number of carbonyl (C=O) groups excluding carboxylic acids is 2. The van der Waals surface area contributed by atoms with E-state index in [1.165, 1.54) is 19.2 Å². The molecular formula is C14H17F3N2O3. The van der Waals surface area contributed by atoms with Crippen LogP contribution in [0.2, 0.25) is 0 Å². The summed E-state index contributed by atoms with van der Waals surface area (Å²) in [5.74, 6) is -1.36. The van der Waals surface area contributed by atoms with Crippen molar-refractivity contribution in [1.82, 2.24) is 5.32 Å². The van der Waals surface area contributed by atoms with Crippen LogP contribution in [0.3, 0.4) is 0 Å². The largest absolute Gasteiger partial charge is 0.418 e. The van der Waals surface area contributed by atoms with Crippen molar-refractivity contribution in [1.29, 1.82) is 0 Å². The van der Waals surface area contributed by atoms with Crippen LogP contribution in [0.1, 0.15) is 18.4 Å². The number of anilines is 1. The molecule has 0 aliphatic heterocycles. The molecule has 122 valence electrons. The van der Waals surface area contributed by atoms with E-state index in [1.807, 2.05) is 0 Å². The molecule has 1 rings (SSSR count). The number of ether oxygens (including phenoxy) is 1. The van der Waals surface area contributed by atoms with E-state index in [0.717, 1.165) is 12.1 Å². The highest BCUT2D eigenvalue weighted by molar-refractivity contribution is 6.03. The van der Waals surface area contributed by atoms with Gasteiger partial charge in [-0.3, -0.25) is 9.59 Å². The molecule has 5 nitrogen and oxygen atoms in total. The van der Waals surface area contributed by atoms with Gasteiger partial charge in [0, 0.05) is 20.3 Å². The second-order valence-corrected chi connectivity index (χ2v) is 4.46. The summed E-state index contributed by atoms with van der Waals surface area (Å²) in [6.07, 6.45) is -4.54. The monoisotopic (exact) mass is 318 g/mol. The van der Waals surface area contributed by atoms with Crippen molar-refractivity contribution in [2.24, 2.45) is 0 Å². The Hall–Kier alpha value is -2.09. The first-order valence-corrected chi connectivity index (χ1v) is 6.56. The first kappa shape index (κ1) is 18.0. The minimum atomic E-state index is -4.58. The summed E-state index contributed by atoms with van der Waals surface area (Å²) in [6, 6.07) is 4.59. The van der Waals surface area contributed by atoms with Gasteiger partial charge < -0.3 is 15.4 Å². The minimum absolute atomic E-state index is 0.332. The molecule has 0 atom stereocenters. The smallest absolute Gasteiger partial charge is 0.385 e. The van der Waals surface area contributed by atoms with E-state index in [0.29, 0.717) is 19.6 Å². The van der Waals surface area contributed by atoms with E-state index >= 15 is 0 Å². The normalized spacial score (nSPS) is 11.1. The van der Waals surface area contributed by atoms with Crippen LogP contribution in [0.5, 0.6) is 0 Å². The van der Waals surface area contributed by atoms with Crippen LogP contribution in [0.15, 0.2) is 24.3 Å². The Morgan fingerprint density at radius 1 is 1.18 bits per heavy atom. The molecule has 0 aliphatic carbocycles. The summed E-state index contributed by atoms with van der Waals surface area (Å²) in [5, 5.41) is 4.58. The average molecular weight is 318 g/mol. The van der Waals surface area contributed by atoms with Crippen LogP contribution in [0.25, 0.3) is 0 Å². The SMILES string of the molecule is COCCCNC(=O)CC(=O)Nc1ccccc1C(F)(F)F. The lowest BCUT2D eigenvalue weighted by Gasteiger charge is -2.13. The Labute approximate surface area is 125 Å². The molecule has 0 radical (unpaired) electrons. The highest BCUT2D eigenvalue weighted by Gasteiger charge is 2.33. The number of hydrogen-bond donors (Lipinski definition) is 2. The average Bonchev–Trinajstić information content (AvgIpc) is 2.43. The van der Waals surface area contributed by atoms with Crippen LogP contribution in [-0.4, -0.2) is 32.1 Å². The second kappa shape index (κ2) is 8.38. The van der Waals surface area contributed by atoms with Crippen LogP contribution < -0.4 is 10.6 Å². The number of nitrogens with one attached hydrogen (secondary N) is 2. The number of methoxy groups -OCH3 is 1. The molecule has 0 bridgehead atoms. The van der Waals surface area contributed by atoms with Crippen molar-refractivity contribution in [2.75, 3.05) is 25.6 Å². The molecule has 2 amide bonds. The van der Waals surface area contributed by atoms with Gasteiger partial charge in [0.25, 0.3) is 0 Å². The summed E-state index contributed by atoms with van der Waals surface area (Å²) in [6.45, 7) is 0.796. The van der Waals surface area contributed by atoms with E-state index < -0.39 is 30.0 Å². The molecule has 0 aromatic heterocycles. The molecule has 22 heavy (non-hydrogen) atoms. The third kappa shape index (κ3) is 6.13. The number of halogens is 3. The zero-order valence-electron chi connectivity index (χ0n) is 12.0. The second-order valence-electron chi connectivity index (χ2n) is 4.46. The van der Waals surface area contributed by atoms with Gasteiger partial charge >= 0.3 is 6.18 Å². The molecule has 8 heteroatoms. The van der Waals surface area contributed by atoms with Crippen LogP contribution in [0.4, 0.5) is 18.9 Å². The minimum Gasteiger partial charge on any atom is -0.385 e. The summed E-state index contributed by atoms with van der Waals surface area (Å²) in [4.78, 5) is 23.1. The fourth-order valence-corrected chi connectivity index (χ4v) is 1.69. The van der Waals surface area contributed by atoms with Gasteiger partial charge in [0.15, 0.2) is 0 Å². The maximum Gasteiger partial charge on any atom is 0.418 e. The Balaban J connectivity index is 2.54. The molecule has 1 aromatic rings. The number of rotatable bonds is 7. The number of carbonyl (C=O) groups is 2. The Morgan fingerprint density at radius 3 is 2.50 bits per heavy atom. The van der Waals surface area contributed by atoms with E-state index in [2.05, 4.69) is 10.6 Å². The van der Waals surface area contributed by atoms with Gasteiger partial charge in [0.05, 0.1) is 11.3 Å². The van der Waals surface area contributed by atoms with Gasteiger partial charge in [-0.1, -0.05) is 12.1 Å². The summed E-state index contributed by atoms with van der Waals surface area (Å²) in [5.41, 5.74) is -1.32. The number of hydrogen-bond acceptors (Lipinski definition) is 3. The topological polar surface area (TPSA) is 67.4 Å². The molecule has 1 aromatic carbocycles. The number of para-hydroxylation sites is 1. The van der Waals surface area contributed by atoms with E-state index in [-0.39, 0.29) is 5.69 Å². The summed E-state index contributed by atoms with van der Waals surface area (Å²) < 4.78 is 43.1. The highest BCUT2D eigenvalue weighted by atomic mass is 19.4. The lowest BCUT2D eigenvalue weighted by atomic mass is 10.1. The van der Waals surface area contributed by atoms with E-state index in [1.54, 1.807) is 0 Å². The maximum atomic E-state index is 12.8. The molecule has 0 aliphatic rings. The fraction of sp³-hybridized carbons (Fsp3) is 0.429. The first-order chi connectivity index (χ1) is 10.3. The number of benzene rings is 1. The maximum absolute atomic E-state index is 12.8. The van der Waals surface area contributed by atoms with E-state index in [9.17, 15) is 22.8 Å². The predicted molar refractivity (Wildman–Crippen MR) is 74.2 cm³/mol. The number of amides is 2. The van der Waals surface area contributed by atoms with Crippen LogP contribution in [-0.2, 0) is 20.5 Å². The standard InChI is InChI=1S/C14H17F3N2O3/c1-22-8-4-7-18-12(20)9-13(21)19-11-6-3-2-5-10(11)14(15,16)17/h2-3,5-6H,4,7-9H2,1H3,(H,18,20)(H,19,21). The third-order valence-electron chi connectivity index (χ3n) is 2.68. The zero-order chi connectivity index (χ0) is 16.6. The van der Waals surface area contributed by atoms with Crippen molar-refractivity contribution in [3.8, 4) is 0 Å². The quantitative estimate of drug-likeness (QED) is 0.598. The van der Waals surface area contributed by atoms with Gasteiger partial charge in [0.2, 0.25) is 11.8 Å². The molecule has 0 saturated heterocycles. The Bertz CT molecular complexity index is 518. The summed E-state index contributed by atoms with van der Waals surface area (Å²) >= 11 is 0. The first-order valence-electron chi connectivity index (χ1n) is 6.56. The molecule has 0 fully saturated rings. The molecule has 0 saturated carbocycles. The van der Waals surface area contributed by atoms with Gasteiger partial charge in [0.1, 0.15) is 6.42 Å². The fourth-order valence-electron chi connectivity index (χ4n) is 1.69. The lowest BCUT2D eigenvalue weighted by Crippen LogP contribution is -2.29. The van der Waals surface area contributed by atoms with Crippen molar-refractivity contribution < 1.29 is 27.5 Å². The van der Waals surface area contributed by atoms with Gasteiger partial charge in [-0.15, -0.1) is 0 Å². The van der Waals surface area contributed by atoms with E-state index in [4.69, 9.17) is 4.74 Å². The third-order valence-corrected chi connectivity index (χ3v) is 2.68. The lowest BCUT2D eigenvalue weighted by molar-refractivity contribution is -0.137. The molecule has 0 heterocycles. The molecular weight excluding hydrogens is 301 g/mol. The van der Waals surface area contributed by atoms with Crippen molar-refractivity contribution in [3.05, 3.63) is 29.8 Å². The molecule has 0 spiro atoms. The number of alkyl halides is 3. The van der Waals surface area contributed by atoms with Gasteiger partial charge in [-0.25, -0.2) is 0 Å². The van der Waals surface area contributed by atoms with Crippen molar-refractivity contribution in [2.45, 2.75) is 19.0 Å². The molecule has 2 N–H and O–H groups in total. The predicted octanol–water partition coefficient (Wildman–Crippen LogP) is 2.19. The van der Waals surface area contributed by atoms with Gasteiger partial charge in [-0.05, 0) is 18.6 Å². The zero-order valence-corrected chi connectivity index (χ0v) is 12.0. The molecule has 0 unspecified atom stereocenters. The van der Waals surface area contributed by atoms with Crippen molar-refractivity contribution >= 4 is 17.5 Å². The highest BCUT2D eigenvalue weighted by Crippen LogP contribution is 2.34. The van der Waals surface area contributed by atoms with Crippen LogP contribution in [0, 0.1) is 0 Å². The van der Waals surface area contributed by atoms with Gasteiger partial charge in [-0.2, -0.15) is 13.2 Å². The Morgan fingerprint density at radius 2 is 1.86 bits per heavy atom.